The fourth-order valence-electron chi connectivity index (χ4n) is 1.79. The van der Waals surface area contributed by atoms with Crippen molar-refractivity contribution in [2.24, 2.45) is 0 Å². The number of amides is 1. The third kappa shape index (κ3) is 5.01. The van der Waals surface area contributed by atoms with Crippen molar-refractivity contribution in [1.82, 2.24) is 5.32 Å². The molecule has 0 heterocycles. The van der Waals surface area contributed by atoms with Crippen LogP contribution in [0.4, 0.5) is 0 Å². The van der Waals surface area contributed by atoms with E-state index in [1.807, 2.05) is 19.9 Å². The summed E-state index contributed by atoms with van der Waals surface area (Å²) >= 11 is 0. The number of Topliss-reactive ketones (excluding diaryl/α,β-unsaturated/α-hetero) is 1. The monoisotopic (exact) mass is 279 g/mol. The van der Waals surface area contributed by atoms with Crippen LogP contribution in [0, 0.1) is 6.92 Å². The molecule has 1 N–H and O–H groups in total. The van der Waals surface area contributed by atoms with Gasteiger partial charge < -0.3 is 14.8 Å². The second kappa shape index (κ2) is 7.65. The van der Waals surface area contributed by atoms with Crippen LogP contribution in [0.25, 0.3) is 0 Å². The minimum absolute atomic E-state index is 0.0825. The smallest absolute Gasteiger partial charge is 0.258 e. The molecule has 0 aliphatic rings. The minimum atomic E-state index is -0.245. The Labute approximate surface area is 119 Å². The van der Waals surface area contributed by atoms with Crippen molar-refractivity contribution < 1.29 is 19.1 Å². The van der Waals surface area contributed by atoms with Gasteiger partial charge >= 0.3 is 0 Å². The average Bonchev–Trinajstić information content (AvgIpc) is 2.36. The standard InChI is InChI=1S/C15H21NO4/c1-10-5-6-13(12(3)17)14(7-10)20-9-15(18)16-11(2)8-19-4/h5-7,11H,8-9H2,1-4H3,(H,16,18). The summed E-state index contributed by atoms with van der Waals surface area (Å²) in [6.07, 6.45) is 0. The van der Waals surface area contributed by atoms with Crippen LogP contribution in [0.1, 0.15) is 29.8 Å². The Morgan fingerprint density at radius 1 is 1.35 bits per heavy atom. The van der Waals surface area contributed by atoms with E-state index >= 15 is 0 Å². The molecule has 1 rings (SSSR count). The first-order valence-electron chi connectivity index (χ1n) is 6.46. The van der Waals surface area contributed by atoms with Gasteiger partial charge in [-0.2, -0.15) is 0 Å². The molecule has 20 heavy (non-hydrogen) atoms. The third-order valence-corrected chi connectivity index (χ3v) is 2.70. The van der Waals surface area contributed by atoms with Crippen LogP contribution in [0.2, 0.25) is 0 Å². The number of benzene rings is 1. The molecule has 0 spiro atoms. The van der Waals surface area contributed by atoms with E-state index in [4.69, 9.17) is 9.47 Å². The summed E-state index contributed by atoms with van der Waals surface area (Å²) < 4.78 is 10.4. The lowest BCUT2D eigenvalue weighted by Crippen LogP contribution is -2.38. The van der Waals surface area contributed by atoms with E-state index in [1.165, 1.54) is 6.92 Å². The van der Waals surface area contributed by atoms with E-state index < -0.39 is 0 Å². The zero-order valence-electron chi connectivity index (χ0n) is 12.4. The Hall–Kier alpha value is -1.88. The number of carbonyl (C=O) groups excluding carboxylic acids is 2. The van der Waals surface area contributed by atoms with E-state index in [1.54, 1.807) is 19.2 Å². The largest absolute Gasteiger partial charge is 0.483 e. The maximum Gasteiger partial charge on any atom is 0.258 e. The molecule has 0 radical (unpaired) electrons. The van der Waals surface area contributed by atoms with Gasteiger partial charge in [0.1, 0.15) is 5.75 Å². The molecule has 1 amide bonds. The van der Waals surface area contributed by atoms with E-state index in [2.05, 4.69) is 5.32 Å². The van der Waals surface area contributed by atoms with Crippen molar-refractivity contribution in [1.29, 1.82) is 0 Å². The highest BCUT2D eigenvalue weighted by Gasteiger charge is 2.12. The summed E-state index contributed by atoms with van der Waals surface area (Å²) in [5.74, 6) is 0.103. The van der Waals surface area contributed by atoms with Crippen LogP contribution in [0.5, 0.6) is 5.75 Å². The van der Waals surface area contributed by atoms with Gasteiger partial charge in [-0.25, -0.2) is 0 Å². The van der Waals surface area contributed by atoms with Crippen LogP contribution in [0.15, 0.2) is 18.2 Å². The highest BCUT2D eigenvalue weighted by Crippen LogP contribution is 2.20. The zero-order valence-corrected chi connectivity index (χ0v) is 12.4. The number of carbonyl (C=O) groups is 2. The van der Waals surface area contributed by atoms with Gasteiger partial charge in [0.05, 0.1) is 12.2 Å². The molecule has 5 heteroatoms. The van der Waals surface area contributed by atoms with Crippen molar-refractivity contribution in [3.05, 3.63) is 29.3 Å². The number of hydrogen-bond acceptors (Lipinski definition) is 4. The average molecular weight is 279 g/mol. The number of rotatable bonds is 7. The van der Waals surface area contributed by atoms with Crippen molar-refractivity contribution in [3.8, 4) is 5.75 Å². The van der Waals surface area contributed by atoms with Gasteiger partial charge in [-0.15, -0.1) is 0 Å². The SMILES string of the molecule is COCC(C)NC(=O)COc1cc(C)ccc1C(C)=O. The quantitative estimate of drug-likeness (QED) is 0.772. The van der Waals surface area contributed by atoms with Gasteiger partial charge in [0.25, 0.3) is 5.91 Å². The van der Waals surface area contributed by atoms with Gasteiger partial charge in [-0.3, -0.25) is 9.59 Å². The number of aryl methyl sites for hydroxylation is 1. The van der Waals surface area contributed by atoms with Crippen molar-refractivity contribution in [3.63, 3.8) is 0 Å². The van der Waals surface area contributed by atoms with E-state index in [9.17, 15) is 9.59 Å². The van der Waals surface area contributed by atoms with Gasteiger partial charge in [-0.05, 0) is 38.5 Å². The Balaban J connectivity index is 2.63. The highest BCUT2D eigenvalue weighted by atomic mass is 16.5. The van der Waals surface area contributed by atoms with E-state index in [0.717, 1.165) is 5.56 Å². The fraction of sp³-hybridized carbons (Fsp3) is 0.467. The molecule has 110 valence electrons. The van der Waals surface area contributed by atoms with Crippen LogP contribution >= 0.6 is 0 Å². The molecule has 0 saturated carbocycles. The highest BCUT2D eigenvalue weighted by molar-refractivity contribution is 5.97. The lowest BCUT2D eigenvalue weighted by atomic mass is 10.1. The first-order valence-corrected chi connectivity index (χ1v) is 6.46. The van der Waals surface area contributed by atoms with Crippen molar-refractivity contribution in [2.75, 3.05) is 20.3 Å². The fourth-order valence-corrected chi connectivity index (χ4v) is 1.79. The minimum Gasteiger partial charge on any atom is -0.483 e. The summed E-state index contributed by atoms with van der Waals surface area (Å²) in [6.45, 7) is 5.53. The predicted octanol–water partition coefficient (Wildman–Crippen LogP) is 1.73. The number of methoxy groups -OCH3 is 1. The predicted molar refractivity (Wildman–Crippen MR) is 76.2 cm³/mol. The lowest BCUT2D eigenvalue weighted by Gasteiger charge is -2.14. The molecular weight excluding hydrogens is 258 g/mol. The summed E-state index contributed by atoms with van der Waals surface area (Å²) in [5.41, 5.74) is 1.45. The molecule has 1 aromatic carbocycles. The third-order valence-electron chi connectivity index (χ3n) is 2.70. The molecule has 1 aromatic rings. The van der Waals surface area contributed by atoms with Gasteiger partial charge in [0.2, 0.25) is 0 Å². The Bertz CT molecular complexity index is 485. The number of ketones is 1. The molecule has 1 unspecified atom stereocenters. The molecule has 5 nitrogen and oxygen atoms in total. The number of hydrogen-bond donors (Lipinski definition) is 1. The first-order chi connectivity index (χ1) is 9.43. The number of ether oxygens (including phenoxy) is 2. The van der Waals surface area contributed by atoms with Crippen LogP contribution in [-0.2, 0) is 9.53 Å². The number of nitrogens with one attached hydrogen (secondary N) is 1. The Kier molecular flexibility index (Phi) is 6.18. The topological polar surface area (TPSA) is 64.6 Å². The molecule has 0 aliphatic carbocycles. The van der Waals surface area contributed by atoms with Crippen LogP contribution in [0.3, 0.4) is 0 Å². The second-order valence-electron chi connectivity index (χ2n) is 4.77. The van der Waals surface area contributed by atoms with Crippen LogP contribution < -0.4 is 10.1 Å². The lowest BCUT2D eigenvalue weighted by molar-refractivity contribution is -0.124. The summed E-state index contributed by atoms with van der Waals surface area (Å²) in [7, 11) is 1.57. The molecule has 0 fully saturated rings. The summed E-state index contributed by atoms with van der Waals surface area (Å²) in [6, 6.07) is 5.21. The Morgan fingerprint density at radius 3 is 2.65 bits per heavy atom. The molecule has 1 atom stereocenters. The second-order valence-corrected chi connectivity index (χ2v) is 4.77. The molecule has 0 saturated heterocycles. The van der Waals surface area contributed by atoms with E-state index in [-0.39, 0.29) is 24.3 Å². The van der Waals surface area contributed by atoms with Gasteiger partial charge in [0.15, 0.2) is 12.4 Å². The molecule has 0 aliphatic heterocycles. The first kappa shape index (κ1) is 16.2. The maximum absolute atomic E-state index is 11.7. The normalized spacial score (nSPS) is 11.8. The Morgan fingerprint density at radius 2 is 2.05 bits per heavy atom. The van der Waals surface area contributed by atoms with Crippen molar-refractivity contribution in [2.45, 2.75) is 26.8 Å². The van der Waals surface area contributed by atoms with E-state index in [0.29, 0.717) is 17.9 Å². The molecule has 0 bridgehead atoms. The molecule has 0 aromatic heterocycles. The summed E-state index contributed by atoms with van der Waals surface area (Å²) in [5, 5.41) is 2.74. The van der Waals surface area contributed by atoms with Crippen molar-refractivity contribution >= 4 is 11.7 Å². The van der Waals surface area contributed by atoms with Gasteiger partial charge in [-0.1, -0.05) is 6.07 Å². The zero-order chi connectivity index (χ0) is 15.1. The van der Waals surface area contributed by atoms with Crippen LogP contribution in [-0.4, -0.2) is 38.1 Å². The summed E-state index contributed by atoms with van der Waals surface area (Å²) in [4.78, 5) is 23.2. The van der Waals surface area contributed by atoms with Gasteiger partial charge in [0, 0.05) is 13.2 Å². The maximum atomic E-state index is 11.7. The molecular formula is C15H21NO4.